The molecule has 0 saturated carbocycles. The van der Waals surface area contributed by atoms with Gasteiger partial charge in [0.15, 0.2) is 6.61 Å². The first-order chi connectivity index (χ1) is 11.3. The summed E-state index contributed by atoms with van der Waals surface area (Å²) in [4.78, 5) is 13.7. The standard InChI is InChI=1S/C16H15FN2O4S/c1-24(21,22)18-13-6-7-14-15(8-13)23-10-16(20)19(14)9-11-2-4-12(17)5-3-11/h2-8,18H,9-10H2,1H3. The van der Waals surface area contributed by atoms with E-state index in [-0.39, 0.29) is 24.9 Å². The molecule has 0 aliphatic carbocycles. The summed E-state index contributed by atoms with van der Waals surface area (Å²) in [7, 11) is -3.40. The Kier molecular flexibility index (Phi) is 4.15. The number of carbonyl (C=O) groups excluding carboxylic acids is 1. The topological polar surface area (TPSA) is 75.7 Å². The maximum Gasteiger partial charge on any atom is 0.265 e. The Balaban J connectivity index is 1.90. The van der Waals surface area contributed by atoms with E-state index < -0.39 is 10.0 Å². The number of halogens is 1. The Hall–Kier alpha value is -2.61. The number of nitrogens with one attached hydrogen (secondary N) is 1. The third kappa shape index (κ3) is 3.65. The van der Waals surface area contributed by atoms with E-state index in [1.807, 2.05) is 0 Å². The molecular formula is C16H15FN2O4S. The third-order valence-corrected chi connectivity index (χ3v) is 4.07. The van der Waals surface area contributed by atoms with E-state index in [1.54, 1.807) is 24.3 Å². The number of anilines is 2. The van der Waals surface area contributed by atoms with Crippen molar-refractivity contribution in [1.29, 1.82) is 0 Å². The molecule has 2 aromatic rings. The number of fused-ring (bicyclic) bond motifs is 1. The summed E-state index contributed by atoms with van der Waals surface area (Å²) in [5.41, 5.74) is 1.66. The quantitative estimate of drug-likeness (QED) is 0.916. The Morgan fingerprint density at radius 1 is 1.21 bits per heavy atom. The molecule has 126 valence electrons. The first-order valence-corrected chi connectivity index (χ1v) is 9.00. The van der Waals surface area contributed by atoms with Crippen LogP contribution in [0.25, 0.3) is 0 Å². The number of sulfonamides is 1. The van der Waals surface area contributed by atoms with Gasteiger partial charge >= 0.3 is 0 Å². The zero-order valence-electron chi connectivity index (χ0n) is 12.8. The van der Waals surface area contributed by atoms with Crippen LogP contribution >= 0.6 is 0 Å². The van der Waals surface area contributed by atoms with Gasteiger partial charge in [0, 0.05) is 6.07 Å². The van der Waals surface area contributed by atoms with Crippen molar-refractivity contribution < 1.29 is 22.3 Å². The molecule has 1 heterocycles. The van der Waals surface area contributed by atoms with Gasteiger partial charge in [-0.05, 0) is 29.8 Å². The van der Waals surface area contributed by atoms with Crippen LogP contribution < -0.4 is 14.4 Å². The highest BCUT2D eigenvalue weighted by atomic mass is 32.2. The molecule has 8 heteroatoms. The Morgan fingerprint density at radius 2 is 1.92 bits per heavy atom. The van der Waals surface area contributed by atoms with Gasteiger partial charge in [-0.2, -0.15) is 0 Å². The second-order valence-electron chi connectivity index (χ2n) is 5.45. The molecule has 0 spiro atoms. The van der Waals surface area contributed by atoms with Crippen molar-refractivity contribution in [3.63, 3.8) is 0 Å². The van der Waals surface area contributed by atoms with Crippen LogP contribution in [-0.2, 0) is 21.4 Å². The molecule has 1 aliphatic heterocycles. The number of hydrogen-bond donors (Lipinski definition) is 1. The van der Waals surface area contributed by atoms with Gasteiger partial charge < -0.3 is 9.64 Å². The summed E-state index contributed by atoms with van der Waals surface area (Å²) in [6.07, 6.45) is 1.05. The van der Waals surface area contributed by atoms with E-state index in [2.05, 4.69) is 4.72 Å². The van der Waals surface area contributed by atoms with Crippen molar-refractivity contribution in [3.8, 4) is 5.75 Å². The van der Waals surface area contributed by atoms with E-state index in [4.69, 9.17) is 4.74 Å². The summed E-state index contributed by atoms with van der Waals surface area (Å²) in [6.45, 7) is 0.130. The molecule has 24 heavy (non-hydrogen) atoms. The van der Waals surface area contributed by atoms with Crippen molar-refractivity contribution >= 4 is 27.3 Å². The fraction of sp³-hybridized carbons (Fsp3) is 0.188. The molecule has 2 aromatic carbocycles. The maximum atomic E-state index is 13.0. The SMILES string of the molecule is CS(=O)(=O)Nc1ccc2c(c1)OCC(=O)N2Cc1ccc(F)cc1. The molecule has 3 rings (SSSR count). The van der Waals surface area contributed by atoms with Gasteiger partial charge in [-0.15, -0.1) is 0 Å². The minimum Gasteiger partial charge on any atom is -0.481 e. The summed E-state index contributed by atoms with van der Waals surface area (Å²) >= 11 is 0. The van der Waals surface area contributed by atoms with Crippen LogP contribution in [0.4, 0.5) is 15.8 Å². The summed E-state index contributed by atoms with van der Waals surface area (Å²) in [5, 5.41) is 0. The zero-order valence-corrected chi connectivity index (χ0v) is 13.6. The highest BCUT2D eigenvalue weighted by molar-refractivity contribution is 7.92. The van der Waals surface area contributed by atoms with E-state index in [1.165, 1.54) is 23.1 Å². The van der Waals surface area contributed by atoms with E-state index in [0.29, 0.717) is 17.1 Å². The summed E-state index contributed by atoms with van der Waals surface area (Å²) in [5.74, 6) is -0.162. The molecule has 0 bridgehead atoms. The molecule has 1 N–H and O–H groups in total. The van der Waals surface area contributed by atoms with Crippen molar-refractivity contribution in [3.05, 3.63) is 53.8 Å². The van der Waals surface area contributed by atoms with Gasteiger partial charge in [0.2, 0.25) is 10.0 Å². The Bertz CT molecular complexity index is 881. The average molecular weight is 350 g/mol. The van der Waals surface area contributed by atoms with Crippen LogP contribution in [0.1, 0.15) is 5.56 Å². The Labute approximate surface area is 138 Å². The zero-order chi connectivity index (χ0) is 17.3. The van der Waals surface area contributed by atoms with Crippen molar-refractivity contribution in [2.75, 3.05) is 22.5 Å². The highest BCUT2D eigenvalue weighted by Gasteiger charge is 2.26. The number of amides is 1. The molecule has 6 nitrogen and oxygen atoms in total. The van der Waals surface area contributed by atoms with Gasteiger partial charge in [-0.25, -0.2) is 12.8 Å². The largest absolute Gasteiger partial charge is 0.481 e. The van der Waals surface area contributed by atoms with Gasteiger partial charge in [0.25, 0.3) is 5.91 Å². The molecular weight excluding hydrogens is 335 g/mol. The van der Waals surface area contributed by atoms with E-state index in [9.17, 15) is 17.6 Å². The fourth-order valence-corrected chi connectivity index (χ4v) is 2.98. The number of ether oxygens (including phenoxy) is 1. The van der Waals surface area contributed by atoms with Crippen LogP contribution in [0.15, 0.2) is 42.5 Å². The minimum atomic E-state index is -3.40. The van der Waals surface area contributed by atoms with Crippen LogP contribution in [0, 0.1) is 5.82 Å². The van der Waals surface area contributed by atoms with Crippen molar-refractivity contribution in [2.45, 2.75) is 6.54 Å². The van der Waals surface area contributed by atoms with Crippen molar-refractivity contribution in [1.82, 2.24) is 0 Å². The predicted octanol–water partition coefficient (Wildman–Crippen LogP) is 2.12. The molecule has 0 saturated heterocycles. The summed E-state index contributed by atoms with van der Waals surface area (Å²) in [6, 6.07) is 10.6. The van der Waals surface area contributed by atoms with Crippen molar-refractivity contribution in [2.24, 2.45) is 0 Å². The lowest BCUT2D eigenvalue weighted by atomic mass is 10.1. The van der Waals surface area contributed by atoms with E-state index in [0.717, 1.165) is 11.8 Å². The first kappa shape index (κ1) is 16.3. The third-order valence-electron chi connectivity index (χ3n) is 3.46. The summed E-state index contributed by atoms with van der Waals surface area (Å²) < 4.78 is 43.4. The number of benzene rings is 2. The lowest BCUT2D eigenvalue weighted by Crippen LogP contribution is -2.38. The minimum absolute atomic E-state index is 0.142. The normalized spacial score (nSPS) is 14.1. The number of rotatable bonds is 4. The van der Waals surface area contributed by atoms with Gasteiger partial charge in [-0.3, -0.25) is 9.52 Å². The second kappa shape index (κ2) is 6.12. The smallest absolute Gasteiger partial charge is 0.265 e. The predicted molar refractivity (Wildman–Crippen MR) is 88.0 cm³/mol. The van der Waals surface area contributed by atoms with E-state index >= 15 is 0 Å². The van der Waals surface area contributed by atoms with Crippen LogP contribution in [0.5, 0.6) is 5.75 Å². The maximum absolute atomic E-state index is 13.0. The number of hydrogen-bond acceptors (Lipinski definition) is 4. The van der Waals surface area contributed by atoms with Gasteiger partial charge in [0.05, 0.1) is 24.2 Å². The van der Waals surface area contributed by atoms with Crippen LogP contribution in [0.2, 0.25) is 0 Å². The number of nitrogens with zero attached hydrogens (tertiary/aromatic N) is 1. The fourth-order valence-electron chi connectivity index (χ4n) is 2.43. The van der Waals surface area contributed by atoms with Crippen LogP contribution in [0.3, 0.4) is 0 Å². The molecule has 0 fully saturated rings. The lowest BCUT2D eigenvalue weighted by Gasteiger charge is -2.29. The molecule has 0 radical (unpaired) electrons. The molecule has 0 atom stereocenters. The molecule has 1 amide bonds. The average Bonchev–Trinajstić information content (AvgIpc) is 2.50. The first-order valence-electron chi connectivity index (χ1n) is 7.11. The second-order valence-corrected chi connectivity index (χ2v) is 7.20. The molecule has 0 aromatic heterocycles. The Morgan fingerprint density at radius 3 is 2.58 bits per heavy atom. The lowest BCUT2D eigenvalue weighted by molar-refractivity contribution is -0.121. The van der Waals surface area contributed by atoms with Crippen LogP contribution in [-0.4, -0.2) is 27.2 Å². The number of carbonyl (C=O) groups is 1. The highest BCUT2D eigenvalue weighted by Crippen LogP contribution is 2.35. The molecule has 0 unspecified atom stereocenters. The monoisotopic (exact) mass is 350 g/mol. The van der Waals surface area contributed by atoms with Gasteiger partial charge in [-0.1, -0.05) is 12.1 Å². The van der Waals surface area contributed by atoms with Gasteiger partial charge in [0.1, 0.15) is 11.6 Å². The molecule has 1 aliphatic rings.